The number of anilines is 1. The lowest BCUT2D eigenvalue weighted by Gasteiger charge is -2.09. The van der Waals surface area contributed by atoms with Crippen molar-refractivity contribution in [3.8, 4) is 11.4 Å². The normalized spacial score (nSPS) is 11.2. The maximum Gasteiger partial charge on any atom is 0.164 e. The molecule has 0 unspecified atom stereocenters. The molecule has 4 rings (SSSR count). The fourth-order valence-corrected chi connectivity index (χ4v) is 3.33. The van der Waals surface area contributed by atoms with E-state index in [1.807, 2.05) is 26.1 Å². The van der Waals surface area contributed by atoms with Gasteiger partial charge in [0, 0.05) is 37.3 Å². The summed E-state index contributed by atoms with van der Waals surface area (Å²) in [6.07, 6.45) is 5.18. The lowest BCUT2D eigenvalue weighted by Crippen LogP contribution is -2.08. The van der Waals surface area contributed by atoms with Gasteiger partial charge in [0.05, 0.1) is 17.3 Å². The third-order valence-electron chi connectivity index (χ3n) is 3.83. The fourth-order valence-electron chi connectivity index (χ4n) is 2.68. The van der Waals surface area contributed by atoms with Crippen LogP contribution in [0.1, 0.15) is 5.69 Å². The Labute approximate surface area is 153 Å². The molecule has 0 spiro atoms. The molecule has 0 saturated heterocycles. The van der Waals surface area contributed by atoms with Crippen LogP contribution in [0.2, 0.25) is 0 Å². The maximum atomic E-state index is 4.73. The zero-order valence-electron chi connectivity index (χ0n) is 14.3. The third kappa shape index (κ3) is 3.23. The summed E-state index contributed by atoms with van der Waals surface area (Å²) in [6.45, 7) is 2.70. The number of aromatic amines is 1. The molecule has 10 heteroatoms. The van der Waals surface area contributed by atoms with Crippen molar-refractivity contribution in [2.45, 2.75) is 11.9 Å². The van der Waals surface area contributed by atoms with Crippen molar-refractivity contribution in [2.75, 3.05) is 17.6 Å². The molecule has 4 heterocycles. The minimum atomic E-state index is 0.648. The first-order valence-corrected chi connectivity index (χ1v) is 9.05. The molecule has 4 aromatic rings. The first kappa shape index (κ1) is 16.5. The Morgan fingerprint density at radius 1 is 1.23 bits per heavy atom. The van der Waals surface area contributed by atoms with E-state index in [1.165, 1.54) is 0 Å². The van der Waals surface area contributed by atoms with Gasteiger partial charge in [-0.2, -0.15) is 15.4 Å². The van der Waals surface area contributed by atoms with Gasteiger partial charge in [0.2, 0.25) is 0 Å². The second-order valence-electron chi connectivity index (χ2n) is 5.62. The van der Waals surface area contributed by atoms with Gasteiger partial charge in [-0.05, 0) is 19.1 Å². The van der Waals surface area contributed by atoms with Gasteiger partial charge in [-0.15, -0.1) is 16.9 Å². The smallest absolute Gasteiger partial charge is 0.164 e. The number of rotatable bonds is 6. The molecule has 0 aromatic carbocycles. The zero-order chi connectivity index (χ0) is 17.9. The first-order valence-electron chi connectivity index (χ1n) is 8.06. The average Bonchev–Trinajstić information content (AvgIpc) is 3.28. The van der Waals surface area contributed by atoms with E-state index in [0.717, 1.165) is 45.4 Å². The van der Waals surface area contributed by atoms with E-state index < -0.39 is 0 Å². The first-order chi connectivity index (χ1) is 12.7. The predicted octanol–water partition coefficient (Wildman–Crippen LogP) is 2.06. The van der Waals surface area contributed by atoms with Crippen LogP contribution in [0.25, 0.3) is 22.4 Å². The molecule has 0 saturated carbocycles. The van der Waals surface area contributed by atoms with E-state index in [9.17, 15) is 0 Å². The van der Waals surface area contributed by atoms with Crippen LogP contribution >= 0.6 is 11.8 Å². The number of hydrogen-bond acceptors (Lipinski definition) is 8. The minimum Gasteiger partial charge on any atom is -0.368 e. The number of aromatic nitrogens is 8. The number of nitrogens with zero attached hydrogens (tertiary/aromatic N) is 7. The van der Waals surface area contributed by atoms with Gasteiger partial charge in [-0.1, -0.05) is 0 Å². The van der Waals surface area contributed by atoms with Crippen molar-refractivity contribution < 1.29 is 0 Å². The largest absolute Gasteiger partial charge is 0.368 e. The lowest BCUT2D eigenvalue weighted by atomic mass is 10.2. The maximum absolute atomic E-state index is 4.73. The monoisotopic (exact) mass is 367 g/mol. The van der Waals surface area contributed by atoms with E-state index in [4.69, 9.17) is 4.98 Å². The molecule has 132 valence electrons. The Hall–Kier alpha value is -3.01. The number of hydrogen-bond donors (Lipinski definition) is 2. The molecule has 0 amide bonds. The molecule has 26 heavy (non-hydrogen) atoms. The van der Waals surface area contributed by atoms with Crippen LogP contribution in [-0.4, -0.2) is 52.4 Å². The lowest BCUT2D eigenvalue weighted by molar-refractivity contribution is 0.773. The van der Waals surface area contributed by atoms with Gasteiger partial charge in [-0.25, -0.2) is 9.97 Å². The summed E-state index contributed by atoms with van der Waals surface area (Å²) in [5.41, 5.74) is 2.62. The summed E-state index contributed by atoms with van der Waals surface area (Å²) in [7, 11) is 1.89. The SMILES string of the molecule is Cc1nn(C)c2nc(-c3ccncc3)nc(NCCSc3cn[nH]n3)c12. The molecular weight excluding hydrogens is 350 g/mol. The highest BCUT2D eigenvalue weighted by Crippen LogP contribution is 2.27. The molecule has 0 bridgehead atoms. The van der Waals surface area contributed by atoms with Crippen LogP contribution in [0, 0.1) is 6.92 Å². The number of pyridine rings is 1. The van der Waals surface area contributed by atoms with Gasteiger partial charge in [0.25, 0.3) is 0 Å². The highest BCUT2D eigenvalue weighted by atomic mass is 32.2. The second-order valence-corrected chi connectivity index (χ2v) is 6.74. The van der Waals surface area contributed by atoms with Gasteiger partial charge in [0.15, 0.2) is 11.5 Å². The van der Waals surface area contributed by atoms with Crippen LogP contribution in [-0.2, 0) is 7.05 Å². The van der Waals surface area contributed by atoms with Gasteiger partial charge in [-0.3, -0.25) is 9.67 Å². The molecule has 4 aromatic heterocycles. The summed E-state index contributed by atoms with van der Waals surface area (Å²) >= 11 is 1.62. The van der Waals surface area contributed by atoms with Crippen LogP contribution in [0.4, 0.5) is 5.82 Å². The average molecular weight is 367 g/mol. The highest BCUT2D eigenvalue weighted by molar-refractivity contribution is 7.99. The minimum absolute atomic E-state index is 0.648. The van der Waals surface area contributed by atoms with Crippen molar-refractivity contribution >= 4 is 28.6 Å². The van der Waals surface area contributed by atoms with Crippen molar-refractivity contribution in [3.05, 3.63) is 36.4 Å². The quantitative estimate of drug-likeness (QED) is 0.394. The van der Waals surface area contributed by atoms with Crippen LogP contribution in [0.15, 0.2) is 35.7 Å². The van der Waals surface area contributed by atoms with E-state index in [1.54, 1.807) is 35.0 Å². The number of thioether (sulfide) groups is 1. The number of fused-ring (bicyclic) bond motifs is 1. The zero-order valence-corrected chi connectivity index (χ0v) is 15.2. The predicted molar refractivity (Wildman–Crippen MR) is 99.9 cm³/mol. The summed E-state index contributed by atoms with van der Waals surface area (Å²) in [4.78, 5) is 13.5. The van der Waals surface area contributed by atoms with E-state index in [2.05, 4.69) is 35.8 Å². The van der Waals surface area contributed by atoms with Crippen molar-refractivity contribution in [1.82, 2.24) is 40.1 Å². The topological polar surface area (TPSA) is 110 Å². The van der Waals surface area contributed by atoms with E-state index >= 15 is 0 Å². The standard InChI is InChI=1S/C16H17N9S/c1-10-13-15(18-7-8-26-12-9-19-24-22-12)20-14(11-3-5-17-6-4-11)21-16(13)25(2)23-10/h3-6,9H,7-8H2,1-2H3,(H,18,20,21)(H,19,22,24). The number of aryl methyl sites for hydroxylation is 2. The molecule has 0 aliphatic rings. The molecule has 0 aliphatic heterocycles. The third-order valence-corrected chi connectivity index (χ3v) is 4.73. The molecule has 0 atom stereocenters. The van der Waals surface area contributed by atoms with E-state index in [0.29, 0.717) is 5.82 Å². The van der Waals surface area contributed by atoms with Crippen LogP contribution in [0.5, 0.6) is 0 Å². The molecule has 9 nitrogen and oxygen atoms in total. The molecule has 0 aliphatic carbocycles. The molecule has 2 N–H and O–H groups in total. The highest BCUT2D eigenvalue weighted by Gasteiger charge is 2.15. The molecule has 0 radical (unpaired) electrons. The van der Waals surface area contributed by atoms with Crippen LogP contribution < -0.4 is 5.32 Å². The summed E-state index contributed by atoms with van der Waals surface area (Å²) in [5.74, 6) is 2.27. The molecular formula is C16H17N9S. The Bertz CT molecular complexity index is 1010. The van der Waals surface area contributed by atoms with Crippen molar-refractivity contribution in [2.24, 2.45) is 7.05 Å². The van der Waals surface area contributed by atoms with Crippen molar-refractivity contribution in [3.63, 3.8) is 0 Å². The second kappa shape index (κ2) is 7.08. The van der Waals surface area contributed by atoms with E-state index in [-0.39, 0.29) is 0 Å². The van der Waals surface area contributed by atoms with Crippen LogP contribution in [0.3, 0.4) is 0 Å². The van der Waals surface area contributed by atoms with Gasteiger partial charge >= 0.3 is 0 Å². The Morgan fingerprint density at radius 2 is 2.08 bits per heavy atom. The number of nitrogens with one attached hydrogen (secondary N) is 2. The van der Waals surface area contributed by atoms with Gasteiger partial charge in [0.1, 0.15) is 10.8 Å². The van der Waals surface area contributed by atoms with Crippen molar-refractivity contribution in [1.29, 1.82) is 0 Å². The fraction of sp³-hybridized carbons (Fsp3) is 0.250. The summed E-state index contributed by atoms with van der Waals surface area (Å²) < 4.78 is 1.78. The summed E-state index contributed by atoms with van der Waals surface area (Å²) in [6, 6.07) is 3.79. The Kier molecular flexibility index (Phi) is 4.48. The van der Waals surface area contributed by atoms with Gasteiger partial charge < -0.3 is 5.32 Å². The Morgan fingerprint density at radius 3 is 2.85 bits per heavy atom. The summed E-state index contributed by atoms with van der Waals surface area (Å²) in [5, 5.41) is 20.2. The number of H-pyrrole nitrogens is 1. The molecule has 0 fully saturated rings. The Balaban J connectivity index is 1.63.